The lowest BCUT2D eigenvalue weighted by Crippen LogP contribution is -2.36. The molecule has 7 nitrogen and oxygen atoms in total. The Morgan fingerprint density at radius 1 is 1.14 bits per heavy atom. The largest absolute Gasteiger partial charge is 0.336 e. The summed E-state index contributed by atoms with van der Waals surface area (Å²) in [6.45, 7) is 0. The Morgan fingerprint density at radius 3 is 2.67 bits per heavy atom. The Bertz CT molecular complexity index is 905. The number of nitrogens with one attached hydrogen (secondary N) is 1. The lowest BCUT2D eigenvalue weighted by Gasteiger charge is -2.00. The topological polar surface area (TPSA) is 85.6 Å². The van der Waals surface area contributed by atoms with Crippen LogP contribution in [0.25, 0.3) is 11.2 Å². The number of hydrogen-bond acceptors (Lipinski definition) is 4. The van der Waals surface area contributed by atoms with Crippen molar-refractivity contribution < 1.29 is 0 Å². The Hall–Kier alpha value is -2.70. The van der Waals surface area contributed by atoms with E-state index in [-0.39, 0.29) is 11.2 Å². The van der Waals surface area contributed by atoms with Crippen LogP contribution in [0.15, 0.2) is 34.0 Å². The van der Waals surface area contributed by atoms with Gasteiger partial charge in [0.2, 0.25) is 0 Å². The predicted molar refractivity (Wildman–Crippen MR) is 78.2 cm³/mol. The minimum Gasteiger partial charge on any atom is -0.336 e. The van der Waals surface area contributed by atoms with E-state index in [1.54, 1.807) is 13.2 Å². The highest BCUT2D eigenvalue weighted by atomic mass is 16.2. The number of fused-ring (bicyclic) bond motifs is 1. The highest BCUT2D eigenvalue weighted by Crippen LogP contribution is 2.07. The smallest absolute Gasteiger partial charge is 0.332 e. The molecule has 1 N–H and O–H groups in total. The molecule has 0 aliphatic heterocycles. The molecule has 0 aliphatic carbocycles. The second-order valence-corrected chi connectivity index (χ2v) is 4.91. The van der Waals surface area contributed by atoms with Crippen LogP contribution in [-0.2, 0) is 26.9 Å². The van der Waals surface area contributed by atoms with Crippen molar-refractivity contribution in [3.63, 3.8) is 0 Å². The highest BCUT2D eigenvalue weighted by molar-refractivity contribution is 5.69. The van der Waals surface area contributed by atoms with Crippen LogP contribution in [0, 0.1) is 0 Å². The van der Waals surface area contributed by atoms with Crippen molar-refractivity contribution in [1.29, 1.82) is 0 Å². The Kier molecular flexibility index (Phi) is 3.17. The average molecular weight is 285 g/mol. The first-order chi connectivity index (χ1) is 10.1. The van der Waals surface area contributed by atoms with Gasteiger partial charge in [-0.15, -0.1) is 0 Å². The second kappa shape index (κ2) is 5.01. The maximum atomic E-state index is 12.1. The van der Waals surface area contributed by atoms with Gasteiger partial charge in [0.1, 0.15) is 11.3 Å². The van der Waals surface area contributed by atoms with Gasteiger partial charge >= 0.3 is 5.69 Å². The molecule has 3 heterocycles. The molecule has 0 spiro atoms. The number of rotatable bonds is 3. The quantitative estimate of drug-likeness (QED) is 0.741. The van der Waals surface area contributed by atoms with Crippen LogP contribution in [0.4, 0.5) is 0 Å². The van der Waals surface area contributed by atoms with Crippen molar-refractivity contribution in [2.45, 2.75) is 12.8 Å². The lowest BCUT2D eigenvalue weighted by atomic mass is 10.2. The number of H-pyrrole nitrogens is 1. The minimum absolute atomic E-state index is 0.357. The monoisotopic (exact) mass is 285 g/mol. The van der Waals surface area contributed by atoms with E-state index in [9.17, 15) is 9.59 Å². The van der Waals surface area contributed by atoms with E-state index in [1.165, 1.54) is 11.6 Å². The molecule has 0 aromatic carbocycles. The third kappa shape index (κ3) is 2.26. The summed E-state index contributed by atoms with van der Waals surface area (Å²) in [5, 5.41) is 0. The van der Waals surface area contributed by atoms with Crippen LogP contribution >= 0.6 is 0 Å². The van der Waals surface area contributed by atoms with Crippen molar-refractivity contribution in [3.05, 3.63) is 56.8 Å². The average Bonchev–Trinajstić information content (AvgIpc) is 2.94. The first kappa shape index (κ1) is 13.3. The fourth-order valence-corrected chi connectivity index (χ4v) is 2.28. The van der Waals surface area contributed by atoms with Crippen LogP contribution in [0.2, 0.25) is 0 Å². The van der Waals surface area contributed by atoms with E-state index < -0.39 is 0 Å². The number of imidazole rings is 1. The predicted octanol–water partition coefficient (Wildman–Crippen LogP) is 0.140. The van der Waals surface area contributed by atoms with E-state index in [4.69, 9.17) is 0 Å². The molecule has 108 valence electrons. The molecule has 0 aliphatic rings. The Labute approximate surface area is 119 Å². The number of aromatic amines is 1. The first-order valence-corrected chi connectivity index (χ1v) is 6.62. The van der Waals surface area contributed by atoms with E-state index in [1.807, 2.05) is 18.2 Å². The molecule has 21 heavy (non-hydrogen) atoms. The fourth-order valence-electron chi connectivity index (χ4n) is 2.28. The maximum absolute atomic E-state index is 12.1. The van der Waals surface area contributed by atoms with Crippen LogP contribution in [0.5, 0.6) is 0 Å². The van der Waals surface area contributed by atoms with Crippen LogP contribution in [0.3, 0.4) is 0 Å². The summed E-state index contributed by atoms with van der Waals surface area (Å²) in [5.74, 6) is 0.675. The number of hydrogen-bond donors (Lipinski definition) is 1. The summed E-state index contributed by atoms with van der Waals surface area (Å²) >= 11 is 0. The molecule has 3 aromatic rings. The second-order valence-electron chi connectivity index (χ2n) is 4.91. The normalized spacial score (nSPS) is 11.1. The molecule has 7 heteroatoms. The fraction of sp³-hybridized carbons (Fsp3) is 0.286. The summed E-state index contributed by atoms with van der Waals surface area (Å²) in [4.78, 5) is 35.5. The van der Waals surface area contributed by atoms with Gasteiger partial charge in [0.05, 0.1) is 0 Å². The molecule has 0 unspecified atom stereocenters. The molecular formula is C14H15N5O2. The van der Waals surface area contributed by atoms with Gasteiger partial charge in [-0.05, 0) is 18.6 Å². The van der Waals surface area contributed by atoms with Crippen LogP contribution in [-0.4, -0.2) is 24.1 Å². The Morgan fingerprint density at radius 2 is 1.95 bits per heavy atom. The van der Waals surface area contributed by atoms with Gasteiger partial charge < -0.3 is 4.98 Å². The summed E-state index contributed by atoms with van der Waals surface area (Å²) < 4.78 is 2.44. The number of nitrogens with zero attached hydrogens (tertiary/aromatic N) is 4. The number of aryl methyl sites for hydroxylation is 3. The van der Waals surface area contributed by atoms with Gasteiger partial charge in [-0.1, -0.05) is 6.07 Å². The van der Waals surface area contributed by atoms with Gasteiger partial charge in [0, 0.05) is 32.4 Å². The molecule has 0 saturated carbocycles. The molecular weight excluding hydrogens is 270 g/mol. The summed E-state index contributed by atoms with van der Waals surface area (Å²) in [6, 6.07) is 5.74. The minimum atomic E-state index is -0.379. The summed E-state index contributed by atoms with van der Waals surface area (Å²) in [7, 11) is 3.06. The number of aromatic nitrogens is 5. The van der Waals surface area contributed by atoms with E-state index in [2.05, 4.69) is 15.0 Å². The zero-order chi connectivity index (χ0) is 15.0. The third-order valence-electron chi connectivity index (χ3n) is 3.49. The van der Waals surface area contributed by atoms with Gasteiger partial charge in [-0.25, -0.2) is 9.78 Å². The van der Waals surface area contributed by atoms with E-state index in [0.717, 1.165) is 16.7 Å². The molecule has 0 amide bonds. The van der Waals surface area contributed by atoms with Crippen molar-refractivity contribution in [2.24, 2.45) is 14.1 Å². The highest BCUT2D eigenvalue weighted by Gasteiger charge is 2.13. The first-order valence-electron chi connectivity index (χ1n) is 6.62. The number of pyridine rings is 1. The van der Waals surface area contributed by atoms with Crippen molar-refractivity contribution in [2.75, 3.05) is 0 Å². The van der Waals surface area contributed by atoms with Gasteiger partial charge in [-0.3, -0.25) is 18.9 Å². The zero-order valence-electron chi connectivity index (χ0n) is 11.8. The molecule has 3 aromatic heterocycles. The van der Waals surface area contributed by atoms with Gasteiger partial charge in [0.25, 0.3) is 5.56 Å². The van der Waals surface area contributed by atoms with Crippen LogP contribution in [0.1, 0.15) is 11.5 Å². The molecule has 0 atom stereocenters. The zero-order valence-corrected chi connectivity index (χ0v) is 11.8. The molecule has 0 radical (unpaired) electrons. The Balaban J connectivity index is 1.99. The SMILES string of the molecule is Cn1c(=O)c2[nH]c(CCc3ccccn3)nc2n(C)c1=O. The lowest BCUT2D eigenvalue weighted by molar-refractivity contribution is 0.708. The van der Waals surface area contributed by atoms with Gasteiger partial charge in [-0.2, -0.15) is 0 Å². The van der Waals surface area contributed by atoms with Crippen LogP contribution < -0.4 is 11.2 Å². The molecule has 0 bridgehead atoms. The standard InChI is InChI=1S/C14H15N5O2/c1-18-12-11(13(20)19(2)14(18)21)16-10(17-12)7-6-9-5-3-4-8-15-9/h3-5,8H,6-7H2,1-2H3,(H,16,17). The van der Waals surface area contributed by atoms with Gasteiger partial charge in [0.15, 0.2) is 5.65 Å². The third-order valence-corrected chi connectivity index (χ3v) is 3.49. The maximum Gasteiger partial charge on any atom is 0.332 e. The molecule has 3 rings (SSSR count). The molecule has 0 saturated heterocycles. The summed E-state index contributed by atoms with van der Waals surface area (Å²) in [5.41, 5.74) is 0.967. The van der Waals surface area contributed by atoms with E-state index >= 15 is 0 Å². The van der Waals surface area contributed by atoms with Crippen molar-refractivity contribution >= 4 is 11.2 Å². The molecule has 0 fully saturated rings. The van der Waals surface area contributed by atoms with E-state index in [0.29, 0.717) is 23.4 Å². The van der Waals surface area contributed by atoms with Crippen molar-refractivity contribution in [3.8, 4) is 0 Å². The summed E-state index contributed by atoms with van der Waals surface area (Å²) in [6.07, 6.45) is 3.09. The van der Waals surface area contributed by atoms with Crippen molar-refractivity contribution in [1.82, 2.24) is 24.1 Å².